The average Bonchev–Trinajstić information content (AvgIpc) is 2.76. The number of nitrogens with zero attached hydrogens (tertiary/aromatic N) is 1. The molecule has 1 aromatic carbocycles. The molecule has 0 saturated carbocycles. The highest BCUT2D eigenvalue weighted by atomic mass is 16.2. The summed E-state index contributed by atoms with van der Waals surface area (Å²) in [6.45, 7) is 7.19. The minimum Gasteiger partial charge on any atom is -0.370 e. The predicted octanol–water partition coefficient (Wildman–Crippen LogP) is 4.23. The van der Waals surface area contributed by atoms with Gasteiger partial charge in [0.1, 0.15) is 0 Å². The second-order valence-electron chi connectivity index (χ2n) is 6.48. The Morgan fingerprint density at radius 1 is 1.14 bits per heavy atom. The molecule has 122 valence electrons. The fraction of sp³-hybridized carbons (Fsp3) is 0.611. The van der Waals surface area contributed by atoms with Gasteiger partial charge in [-0.1, -0.05) is 38.8 Å². The normalized spacial score (nSPS) is 15.5. The van der Waals surface area contributed by atoms with Gasteiger partial charge in [0.15, 0.2) is 0 Å². The Kier molecular flexibility index (Phi) is 6.56. The minimum absolute atomic E-state index is 0.108. The average molecular weight is 303 g/mol. The summed E-state index contributed by atoms with van der Waals surface area (Å²) in [7, 11) is 0. The molecule has 0 unspecified atom stereocenters. The molecule has 22 heavy (non-hydrogen) atoms. The van der Waals surface area contributed by atoms with Crippen LogP contribution in [-0.2, 0) is 0 Å². The highest BCUT2D eigenvalue weighted by molar-refractivity contribution is 5.93. The number of carbonyl (C=O) groups is 1. The van der Waals surface area contributed by atoms with E-state index in [4.69, 9.17) is 0 Å². The molecule has 1 saturated heterocycles. The SMILES string of the molecule is CC(C)CCNC(=O)Nc1ccccc1N1CCCCCC1. The van der Waals surface area contributed by atoms with Crippen LogP contribution >= 0.6 is 0 Å². The molecule has 0 bridgehead atoms. The molecule has 2 rings (SSSR count). The van der Waals surface area contributed by atoms with E-state index in [-0.39, 0.29) is 6.03 Å². The Labute approximate surface area is 134 Å². The van der Waals surface area contributed by atoms with Gasteiger partial charge in [-0.15, -0.1) is 0 Å². The van der Waals surface area contributed by atoms with Gasteiger partial charge in [0, 0.05) is 19.6 Å². The molecule has 0 spiro atoms. The van der Waals surface area contributed by atoms with Gasteiger partial charge in [-0.25, -0.2) is 4.79 Å². The quantitative estimate of drug-likeness (QED) is 0.854. The maximum absolute atomic E-state index is 12.1. The Hall–Kier alpha value is -1.71. The number of hydrogen-bond acceptors (Lipinski definition) is 2. The van der Waals surface area contributed by atoms with Crippen LogP contribution in [0.1, 0.15) is 46.0 Å². The van der Waals surface area contributed by atoms with Crippen LogP contribution in [0.25, 0.3) is 0 Å². The van der Waals surface area contributed by atoms with Gasteiger partial charge in [-0.3, -0.25) is 0 Å². The number of amides is 2. The fourth-order valence-electron chi connectivity index (χ4n) is 2.81. The number of carbonyl (C=O) groups excluding carboxylic acids is 1. The molecule has 0 radical (unpaired) electrons. The lowest BCUT2D eigenvalue weighted by molar-refractivity contribution is 0.251. The molecule has 4 heteroatoms. The van der Waals surface area contributed by atoms with Crippen molar-refractivity contribution in [3.8, 4) is 0 Å². The van der Waals surface area contributed by atoms with Crippen LogP contribution in [0.15, 0.2) is 24.3 Å². The molecule has 2 N–H and O–H groups in total. The van der Waals surface area contributed by atoms with E-state index >= 15 is 0 Å². The summed E-state index contributed by atoms with van der Waals surface area (Å²) in [6.07, 6.45) is 6.08. The van der Waals surface area contributed by atoms with Crippen molar-refractivity contribution in [3.05, 3.63) is 24.3 Å². The van der Waals surface area contributed by atoms with E-state index in [1.54, 1.807) is 0 Å². The molecule has 0 aromatic heterocycles. The summed E-state index contributed by atoms with van der Waals surface area (Å²) in [5, 5.41) is 5.95. The predicted molar refractivity (Wildman–Crippen MR) is 93.6 cm³/mol. The Morgan fingerprint density at radius 3 is 2.50 bits per heavy atom. The standard InChI is InChI=1S/C18H29N3O/c1-15(2)11-12-19-18(22)20-16-9-5-6-10-17(16)21-13-7-3-4-8-14-21/h5-6,9-10,15H,3-4,7-8,11-14H2,1-2H3,(H2,19,20,22). The van der Waals surface area contributed by atoms with Crippen LogP contribution in [0.3, 0.4) is 0 Å². The van der Waals surface area contributed by atoms with Crippen molar-refractivity contribution in [1.29, 1.82) is 0 Å². The van der Waals surface area contributed by atoms with E-state index in [0.29, 0.717) is 5.92 Å². The van der Waals surface area contributed by atoms with E-state index in [1.807, 2.05) is 18.2 Å². The number of rotatable bonds is 5. The van der Waals surface area contributed by atoms with E-state index in [2.05, 4.69) is 35.4 Å². The van der Waals surface area contributed by atoms with Crippen molar-refractivity contribution in [3.63, 3.8) is 0 Å². The van der Waals surface area contributed by atoms with Gasteiger partial charge in [0.05, 0.1) is 11.4 Å². The summed E-state index contributed by atoms with van der Waals surface area (Å²) in [5.41, 5.74) is 2.05. The zero-order valence-electron chi connectivity index (χ0n) is 13.9. The lowest BCUT2D eigenvalue weighted by Crippen LogP contribution is -2.31. The maximum atomic E-state index is 12.1. The molecule has 1 aromatic rings. The number of para-hydroxylation sites is 2. The number of urea groups is 1. The lowest BCUT2D eigenvalue weighted by Gasteiger charge is -2.25. The second-order valence-corrected chi connectivity index (χ2v) is 6.48. The highest BCUT2D eigenvalue weighted by Crippen LogP contribution is 2.27. The fourth-order valence-corrected chi connectivity index (χ4v) is 2.81. The van der Waals surface area contributed by atoms with Gasteiger partial charge in [0.25, 0.3) is 0 Å². The molecular formula is C18H29N3O. The van der Waals surface area contributed by atoms with Gasteiger partial charge < -0.3 is 15.5 Å². The van der Waals surface area contributed by atoms with Crippen LogP contribution in [0.5, 0.6) is 0 Å². The Morgan fingerprint density at radius 2 is 1.82 bits per heavy atom. The molecule has 0 aliphatic carbocycles. The van der Waals surface area contributed by atoms with Gasteiger partial charge in [-0.2, -0.15) is 0 Å². The molecule has 1 aliphatic rings. The Balaban J connectivity index is 1.96. The molecule has 1 aliphatic heterocycles. The third kappa shape index (κ3) is 5.24. The summed E-state index contributed by atoms with van der Waals surface area (Å²) < 4.78 is 0. The van der Waals surface area contributed by atoms with Crippen LogP contribution in [-0.4, -0.2) is 25.7 Å². The topological polar surface area (TPSA) is 44.4 Å². The monoisotopic (exact) mass is 303 g/mol. The molecule has 4 nitrogen and oxygen atoms in total. The largest absolute Gasteiger partial charge is 0.370 e. The number of benzene rings is 1. The van der Waals surface area contributed by atoms with Crippen LogP contribution in [0.4, 0.5) is 16.2 Å². The first kappa shape index (κ1) is 16.7. The van der Waals surface area contributed by atoms with Crippen LogP contribution in [0.2, 0.25) is 0 Å². The third-order valence-electron chi connectivity index (χ3n) is 4.11. The number of nitrogens with one attached hydrogen (secondary N) is 2. The first-order valence-corrected chi connectivity index (χ1v) is 8.55. The highest BCUT2D eigenvalue weighted by Gasteiger charge is 2.14. The molecular weight excluding hydrogens is 274 g/mol. The molecule has 1 fully saturated rings. The summed E-state index contributed by atoms with van der Waals surface area (Å²) >= 11 is 0. The smallest absolute Gasteiger partial charge is 0.319 e. The van der Waals surface area contributed by atoms with E-state index in [0.717, 1.165) is 37.4 Å². The van der Waals surface area contributed by atoms with Crippen molar-refractivity contribution < 1.29 is 4.79 Å². The first-order valence-electron chi connectivity index (χ1n) is 8.55. The van der Waals surface area contributed by atoms with Crippen LogP contribution in [0, 0.1) is 5.92 Å². The van der Waals surface area contributed by atoms with E-state index in [1.165, 1.54) is 25.7 Å². The minimum atomic E-state index is -0.108. The maximum Gasteiger partial charge on any atom is 0.319 e. The van der Waals surface area contributed by atoms with Gasteiger partial charge in [-0.05, 0) is 37.3 Å². The summed E-state index contributed by atoms with van der Waals surface area (Å²) in [5.74, 6) is 0.602. The molecule has 0 atom stereocenters. The van der Waals surface area contributed by atoms with Crippen molar-refractivity contribution >= 4 is 17.4 Å². The van der Waals surface area contributed by atoms with Crippen molar-refractivity contribution in [1.82, 2.24) is 5.32 Å². The van der Waals surface area contributed by atoms with E-state index in [9.17, 15) is 4.79 Å². The van der Waals surface area contributed by atoms with Crippen LogP contribution < -0.4 is 15.5 Å². The number of hydrogen-bond donors (Lipinski definition) is 2. The molecule has 2 amide bonds. The van der Waals surface area contributed by atoms with E-state index < -0.39 is 0 Å². The zero-order chi connectivity index (χ0) is 15.8. The first-order chi connectivity index (χ1) is 10.7. The lowest BCUT2D eigenvalue weighted by atomic mass is 10.1. The van der Waals surface area contributed by atoms with Gasteiger partial charge >= 0.3 is 6.03 Å². The summed E-state index contributed by atoms with van der Waals surface area (Å²) in [6, 6.07) is 8.01. The third-order valence-corrected chi connectivity index (χ3v) is 4.11. The summed E-state index contributed by atoms with van der Waals surface area (Å²) in [4.78, 5) is 14.5. The Bertz CT molecular complexity index is 465. The van der Waals surface area contributed by atoms with Crippen molar-refractivity contribution in [2.45, 2.75) is 46.0 Å². The van der Waals surface area contributed by atoms with Crippen molar-refractivity contribution in [2.24, 2.45) is 5.92 Å². The molecule has 1 heterocycles. The zero-order valence-corrected chi connectivity index (χ0v) is 13.9. The second kappa shape index (κ2) is 8.66. The van der Waals surface area contributed by atoms with Gasteiger partial charge in [0.2, 0.25) is 0 Å². The van der Waals surface area contributed by atoms with Crippen molar-refractivity contribution in [2.75, 3.05) is 29.9 Å². The number of anilines is 2.